The fraction of sp³-hybridized carbons (Fsp3) is 0.318. The maximum atomic E-state index is 12.2. The van der Waals surface area contributed by atoms with E-state index in [1.165, 1.54) is 17.3 Å². The molecule has 1 heterocycles. The Morgan fingerprint density at radius 2 is 1.86 bits per heavy atom. The third kappa shape index (κ3) is 5.38. The van der Waals surface area contributed by atoms with Gasteiger partial charge in [0.2, 0.25) is 5.91 Å². The van der Waals surface area contributed by atoms with Crippen molar-refractivity contribution >= 4 is 17.7 Å². The molecule has 3 aromatic rings. The monoisotopic (exact) mass is 410 g/mol. The van der Waals surface area contributed by atoms with Crippen LogP contribution in [0.2, 0.25) is 0 Å². The molecule has 7 heteroatoms. The molecule has 3 rings (SSSR count). The predicted octanol–water partition coefficient (Wildman–Crippen LogP) is 3.81. The predicted molar refractivity (Wildman–Crippen MR) is 116 cm³/mol. The molecule has 0 unspecified atom stereocenters. The quantitative estimate of drug-likeness (QED) is 0.543. The molecule has 0 spiro atoms. The Hall–Kier alpha value is -2.80. The summed E-state index contributed by atoms with van der Waals surface area (Å²) in [6.45, 7) is 5.14. The van der Waals surface area contributed by atoms with E-state index in [2.05, 4.69) is 32.2 Å². The van der Waals surface area contributed by atoms with Crippen molar-refractivity contribution in [3.63, 3.8) is 0 Å². The Morgan fingerprint density at radius 1 is 1.14 bits per heavy atom. The Bertz CT molecular complexity index is 926. The molecule has 0 aliphatic heterocycles. The molecule has 1 amide bonds. The van der Waals surface area contributed by atoms with Crippen molar-refractivity contribution < 1.29 is 9.53 Å². The van der Waals surface area contributed by atoms with Crippen LogP contribution >= 0.6 is 11.8 Å². The molecule has 6 nitrogen and oxygen atoms in total. The zero-order chi connectivity index (χ0) is 20.6. The second kappa shape index (κ2) is 10.1. The Kier molecular flexibility index (Phi) is 7.30. The van der Waals surface area contributed by atoms with Gasteiger partial charge in [0, 0.05) is 18.7 Å². The number of amides is 1. The zero-order valence-electron chi connectivity index (χ0n) is 17.0. The second-order valence-corrected chi connectivity index (χ2v) is 7.88. The number of aryl methyl sites for hydroxylation is 1. The van der Waals surface area contributed by atoms with Gasteiger partial charge in [0.25, 0.3) is 0 Å². The lowest BCUT2D eigenvalue weighted by atomic mass is 10.1. The third-order valence-electron chi connectivity index (χ3n) is 4.53. The summed E-state index contributed by atoms with van der Waals surface area (Å²) in [5, 5.41) is 12.2. The number of carbonyl (C=O) groups is 1. The van der Waals surface area contributed by atoms with Crippen LogP contribution in [0.15, 0.2) is 59.8 Å². The van der Waals surface area contributed by atoms with Gasteiger partial charge in [0.1, 0.15) is 5.75 Å². The number of nitrogens with zero attached hydrogens (tertiary/aromatic N) is 3. The topological polar surface area (TPSA) is 69.0 Å². The van der Waals surface area contributed by atoms with Crippen LogP contribution in [0.5, 0.6) is 5.75 Å². The van der Waals surface area contributed by atoms with Gasteiger partial charge in [0.15, 0.2) is 11.0 Å². The smallest absolute Gasteiger partial charge is 0.233 e. The van der Waals surface area contributed by atoms with E-state index in [-0.39, 0.29) is 11.2 Å². The van der Waals surface area contributed by atoms with Crippen molar-refractivity contribution in [3.8, 4) is 17.1 Å². The van der Waals surface area contributed by atoms with E-state index in [0.29, 0.717) is 6.54 Å². The highest BCUT2D eigenvalue weighted by Crippen LogP contribution is 2.28. The van der Waals surface area contributed by atoms with Gasteiger partial charge >= 0.3 is 0 Å². The molecular weight excluding hydrogens is 384 g/mol. The summed E-state index contributed by atoms with van der Waals surface area (Å²) in [5.41, 5.74) is 2.21. The molecule has 29 heavy (non-hydrogen) atoms. The average molecular weight is 411 g/mol. The van der Waals surface area contributed by atoms with Gasteiger partial charge in [-0.3, -0.25) is 4.79 Å². The van der Waals surface area contributed by atoms with E-state index in [1.807, 2.05) is 56.3 Å². The highest BCUT2D eigenvalue weighted by atomic mass is 32.2. The molecule has 0 saturated heterocycles. The molecule has 0 aliphatic carbocycles. The molecule has 0 bridgehead atoms. The largest absolute Gasteiger partial charge is 0.497 e. The van der Waals surface area contributed by atoms with Gasteiger partial charge in [-0.2, -0.15) is 0 Å². The van der Waals surface area contributed by atoms with Crippen molar-refractivity contribution in [1.29, 1.82) is 0 Å². The number of nitrogens with one attached hydrogen (secondary N) is 1. The number of aromatic nitrogens is 3. The number of ether oxygens (including phenoxy) is 1. The molecule has 0 aliphatic rings. The van der Waals surface area contributed by atoms with Crippen LogP contribution in [0, 0.1) is 0 Å². The summed E-state index contributed by atoms with van der Waals surface area (Å²) >= 11 is 1.43. The normalized spacial score (nSPS) is 11.8. The van der Waals surface area contributed by atoms with Crippen molar-refractivity contribution in [2.75, 3.05) is 13.7 Å². The summed E-state index contributed by atoms with van der Waals surface area (Å²) < 4.78 is 7.35. The molecule has 152 valence electrons. The van der Waals surface area contributed by atoms with Crippen LogP contribution in [0.4, 0.5) is 0 Å². The van der Waals surface area contributed by atoms with Crippen LogP contribution in [-0.4, -0.2) is 39.6 Å². The van der Waals surface area contributed by atoms with Crippen molar-refractivity contribution in [2.45, 2.75) is 37.2 Å². The molecular formula is C22H26N4O2S. The van der Waals surface area contributed by atoms with Gasteiger partial charge in [-0.25, -0.2) is 0 Å². The zero-order valence-corrected chi connectivity index (χ0v) is 17.8. The number of hydrogen-bond acceptors (Lipinski definition) is 5. The summed E-state index contributed by atoms with van der Waals surface area (Å²) in [4.78, 5) is 12.2. The van der Waals surface area contributed by atoms with Crippen LogP contribution in [0.1, 0.15) is 19.4 Å². The summed E-state index contributed by atoms with van der Waals surface area (Å²) in [6, 6.07) is 18.1. The first-order chi connectivity index (χ1) is 14.1. The van der Waals surface area contributed by atoms with Gasteiger partial charge < -0.3 is 14.6 Å². The van der Waals surface area contributed by atoms with Crippen molar-refractivity contribution in [1.82, 2.24) is 20.1 Å². The minimum Gasteiger partial charge on any atom is -0.497 e. The fourth-order valence-corrected chi connectivity index (χ4v) is 3.85. The van der Waals surface area contributed by atoms with Crippen LogP contribution < -0.4 is 10.1 Å². The minimum atomic E-state index is -0.252. The third-order valence-corrected chi connectivity index (χ3v) is 5.61. The lowest BCUT2D eigenvalue weighted by Crippen LogP contribution is -2.30. The first kappa shape index (κ1) is 20.9. The maximum Gasteiger partial charge on any atom is 0.233 e. The van der Waals surface area contributed by atoms with E-state index in [1.54, 1.807) is 7.11 Å². The molecule has 1 N–H and O–H groups in total. The van der Waals surface area contributed by atoms with Gasteiger partial charge in [-0.15, -0.1) is 10.2 Å². The Labute approximate surface area is 175 Å². The van der Waals surface area contributed by atoms with Crippen molar-refractivity contribution in [2.24, 2.45) is 0 Å². The molecule has 0 fully saturated rings. The second-order valence-electron chi connectivity index (χ2n) is 6.58. The van der Waals surface area contributed by atoms with E-state index >= 15 is 0 Å². The SMILES string of the molecule is CCNC(=O)[C@H](C)Sc1nnc(-c2ccc(OC)cc2)n1CCc1ccccc1. The highest BCUT2D eigenvalue weighted by molar-refractivity contribution is 8.00. The maximum absolute atomic E-state index is 12.2. The summed E-state index contributed by atoms with van der Waals surface area (Å²) in [5.74, 6) is 1.58. The first-order valence-corrected chi connectivity index (χ1v) is 10.6. The number of hydrogen-bond donors (Lipinski definition) is 1. The standard InChI is InChI=1S/C22H26N4O2S/c1-4-23-21(27)16(2)29-22-25-24-20(18-10-12-19(28-3)13-11-18)26(22)15-14-17-8-6-5-7-9-17/h5-13,16H,4,14-15H2,1-3H3,(H,23,27)/t16-/m0/s1. The van der Waals surface area contributed by atoms with E-state index in [0.717, 1.165) is 35.3 Å². The molecule has 2 aromatic carbocycles. The summed E-state index contributed by atoms with van der Waals surface area (Å²) in [7, 11) is 1.65. The first-order valence-electron chi connectivity index (χ1n) is 9.68. The number of rotatable bonds is 9. The molecule has 1 atom stereocenters. The number of benzene rings is 2. The molecule has 0 radical (unpaired) electrons. The van der Waals surface area contributed by atoms with Gasteiger partial charge in [-0.05, 0) is 50.1 Å². The lowest BCUT2D eigenvalue weighted by molar-refractivity contribution is -0.120. The lowest BCUT2D eigenvalue weighted by Gasteiger charge is -2.13. The van der Waals surface area contributed by atoms with Crippen molar-refractivity contribution in [3.05, 3.63) is 60.2 Å². The average Bonchev–Trinajstić information content (AvgIpc) is 3.15. The molecule has 1 aromatic heterocycles. The number of methoxy groups -OCH3 is 1. The van der Waals surface area contributed by atoms with E-state index in [4.69, 9.17) is 4.74 Å². The number of thioether (sulfide) groups is 1. The van der Waals surface area contributed by atoms with Crippen LogP contribution in [0.25, 0.3) is 11.4 Å². The fourth-order valence-electron chi connectivity index (χ4n) is 2.95. The highest BCUT2D eigenvalue weighted by Gasteiger charge is 2.20. The van der Waals surface area contributed by atoms with E-state index < -0.39 is 0 Å². The summed E-state index contributed by atoms with van der Waals surface area (Å²) in [6.07, 6.45) is 0.852. The number of carbonyl (C=O) groups excluding carboxylic acids is 1. The Morgan fingerprint density at radius 3 is 2.52 bits per heavy atom. The molecule has 0 saturated carbocycles. The van der Waals surface area contributed by atoms with Crippen LogP contribution in [0.3, 0.4) is 0 Å². The minimum absolute atomic E-state index is 0.00102. The van der Waals surface area contributed by atoms with Gasteiger partial charge in [-0.1, -0.05) is 42.1 Å². The van der Waals surface area contributed by atoms with Crippen LogP contribution in [-0.2, 0) is 17.8 Å². The Balaban J connectivity index is 1.88. The van der Waals surface area contributed by atoms with E-state index in [9.17, 15) is 4.79 Å². The van der Waals surface area contributed by atoms with Gasteiger partial charge in [0.05, 0.1) is 12.4 Å².